The number of nitrogens with two attached hydrogens (primary N) is 1. The third-order valence-corrected chi connectivity index (χ3v) is 2.83. The van der Waals surface area contributed by atoms with Crippen molar-refractivity contribution in [2.24, 2.45) is 5.73 Å². The van der Waals surface area contributed by atoms with Crippen molar-refractivity contribution in [3.63, 3.8) is 0 Å². The van der Waals surface area contributed by atoms with E-state index in [9.17, 15) is 4.79 Å². The first-order chi connectivity index (χ1) is 7.15. The number of benzene rings is 1. The molecule has 0 aromatic heterocycles. The van der Waals surface area contributed by atoms with Crippen molar-refractivity contribution in [1.82, 2.24) is 4.90 Å². The average Bonchev–Trinajstić information content (AvgIpc) is 2.29. The number of carbonyl (C=O) groups is 1. The minimum Gasteiger partial charge on any atom is -0.497 e. The highest BCUT2D eigenvalue weighted by Gasteiger charge is 2.43. The summed E-state index contributed by atoms with van der Waals surface area (Å²) in [6.45, 7) is 0. The maximum Gasteiger partial charge on any atom is 0.242 e. The highest BCUT2D eigenvalue weighted by Crippen LogP contribution is 2.33. The molecule has 0 spiro atoms. The van der Waals surface area contributed by atoms with Crippen LogP contribution in [0.4, 0.5) is 0 Å². The number of likely N-dealkylation sites (N-methyl/N-ethyl adjacent to an activating group) is 1. The second-order valence-electron chi connectivity index (χ2n) is 3.70. The molecule has 4 nitrogen and oxygen atoms in total. The zero-order valence-corrected chi connectivity index (χ0v) is 8.81. The Labute approximate surface area is 88.6 Å². The van der Waals surface area contributed by atoms with Gasteiger partial charge in [-0.1, -0.05) is 12.1 Å². The molecule has 80 valence electrons. The molecule has 1 fully saturated rings. The molecule has 1 aliphatic heterocycles. The lowest BCUT2D eigenvalue weighted by Crippen LogP contribution is -2.61. The Balaban J connectivity index is 2.26. The third kappa shape index (κ3) is 1.47. The van der Waals surface area contributed by atoms with Crippen LogP contribution >= 0.6 is 0 Å². The number of carbonyl (C=O) groups excluding carboxylic acids is 1. The van der Waals surface area contributed by atoms with Gasteiger partial charge in [0.15, 0.2) is 0 Å². The fourth-order valence-electron chi connectivity index (χ4n) is 1.92. The van der Waals surface area contributed by atoms with E-state index in [2.05, 4.69) is 0 Å². The number of likely N-dealkylation sites (tertiary alicyclic amines) is 1. The highest BCUT2D eigenvalue weighted by atomic mass is 16.5. The Morgan fingerprint density at radius 2 is 2.20 bits per heavy atom. The van der Waals surface area contributed by atoms with Gasteiger partial charge in [-0.25, -0.2) is 0 Å². The molecule has 1 heterocycles. The lowest BCUT2D eigenvalue weighted by atomic mass is 9.90. The molecule has 0 aliphatic carbocycles. The van der Waals surface area contributed by atoms with Crippen LogP contribution in [0.3, 0.4) is 0 Å². The predicted octanol–water partition coefficient (Wildman–Crippen LogP) is 0.536. The van der Waals surface area contributed by atoms with Crippen molar-refractivity contribution in [3.05, 3.63) is 29.8 Å². The van der Waals surface area contributed by atoms with Crippen molar-refractivity contribution in [3.8, 4) is 5.75 Å². The zero-order chi connectivity index (χ0) is 11.0. The molecule has 0 unspecified atom stereocenters. The van der Waals surface area contributed by atoms with Gasteiger partial charge in [-0.15, -0.1) is 0 Å². The summed E-state index contributed by atoms with van der Waals surface area (Å²) in [7, 11) is 3.38. The van der Waals surface area contributed by atoms with Gasteiger partial charge in [0.25, 0.3) is 0 Å². The lowest BCUT2D eigenvalue weighted by Gasteiger charge is -2.43. The fraction of sp³-hybridized carbons (Fsp3) is 0.364. The van der Waals surface area contributed by atoms with E-state index in [0.717, 1.165) is 11.3 Å². The summed E-state index contributed by atoms with van der Waals surface area (Å²) in [5.74, 6) is 0.773. The number of β-lactam (4-membered cyclic amide) rings is 1. The van der Waals surface area contributed by atoms with Crippen molar-refractivity contribution in [1.29, 1.82) is 0 Å². The third-order valence-electron chi connectivity index (χ3n) is 2.83. The first kappa shape index (κ1) is 9.98. The molecular weight excluding hydrogens is 192 g/mol. The molecule has 0 radical (unpaired) electrons. The quantitative estimate of drug-likeness (QED) is 0.718. The number of hydrogen-bond acceptors (Lipinski definition) is 3. The van der Waals surface area contributed by atoms with E-state index in [-0.39, 0.29) is 11.9 Å². The number of nitrogens with zero attached hydrogens (tertiary/aromatic N) is 1. The van der Waals surface area contributed by atoms with E-state index in [1.165, 1.54) is 0 Å². The Morgan fingerprint density at radius 3 is 2.80 bits per heavy atom. The maximum absolute atomic E-state index is 11.3. The molecule has 0 saturated carbocycles. The molecule has 2 atom stereocenters. The molecular formula is C11H14N2O2. The first-order valence-corrected chi connectivity index (χ1v) is 4.81. The molecule has 2 rings (SSSR count). The van der Waals surface area contributed by atoms with E-state index in [1.807, 2.05) is 24.3 Å². The number of hydrogen-bond donors (Lipinski definition) is 1. The van der Waals surface area contributed by atoms with E-state index in [4.69, 9.17) is 10.5 Å². The Kier molecular flexibility index (Phi) is 2.36. The molecule has 1 aromatic carbocycles. The van der Waals surface area contributed by atoms with Crippen molar-refractivity contribution >= 4 is 5.91 Å². The summed E-state index contributed by atoms with van der Waals surface area (Å²) >= 11 is 0. The second-order valence-corrected chi connectivity index (χ2v) is 3.70. The van der Waals surface area contributed by atoms with Gasteiger partial charge in [0, 0.05) is 7.05 Å². The van der Waals surface area contributed by atoms with Gasteiger partial charge in [0.05, 0.1) is 13.2 Å². The summed E-state index contributed by atoms with van der Waals surface area (Å²) in [6, 6.07) is 7.20. The second kappa shape index (κ2) is 3.55. The van der Waals surface area contributed by atoms with Gasteiger partial charge in [-0.2, -0.15) is 0 Å². The van der Waals surface area contributed by atoms with Crippen LogP contribution in [0, 0.1) is 0 Å². The van der Waals surface area contributed by atoms with Gasteiger partial charge in [0.1, 0.15) is 11.8 Å². The van der Waals surface area contributed by atoms with E-state index < -0.39 is 6.04 Å². The summed E-state index contributed by atoms with van der Waals surface area (Å²) in [5.41, 5.74) is 6.77. The van der Waals surface area contributed by atoms with Crippen LogP contribution in [-0.2, 0) is 4.79 Å². The smallest absolute Gasteiger partial charge is 0.242 e. The standard InChI is InChI=1S/C11H14N2O2/c1-13-10(9(12)11(13)14)7-4-3-5-8(6-7)15-2/h3-6,9-10H,12H2,1-2H3/t9-,10-/m0/s1. The average molecular weight is 206 g/mol. The molecule has 1 aromatic rings. The van der Waals surface area contributed by atoms with E-state index in [1.54, 1.807) is 19.1 Å². The largest absolute Gasteiger partial charge is 0.497 e. The Hall–Kier alpha value is -1.55. The van der Waals surface area contributed by atoms with Crippen molar-refractivity contribution in [2.75, 3.05) is 14.2 Å². The van der Waals surface area contributed by atoms with E-state index >= 15 is 0 Å². The topological polar surface area (TPSA) is 55.6 Å². The minimum absolute atomic E-state index is 0.0113. The van der Waals surface area contributed by atoms with Crippen molar-refractivity contribution in [2.45, 2.75) is 12.1 Å². The summed E-state index contributed by atoms with van der Waals surface area (Å²) in [4.78, 5) is 12.9. The summed E-state index contributed by atoms with van der Waals surface area (Å²) in [5, 5.41) is 0. The van der Waals surface area contributed by atoms with Gasteiger partial charge >= 0.3 is 0 Å². The van der Waals surface area contributed by atoms with Crippen molar-refractivity contribution < 1.29 is 9.53 Å². The molecule has 2 N–H and O–H groups in total. The molecule has 1 saturated heterocycles. The summed E-state index contributed by atoms with van der Waals surface area (Å²) < 4.78 is 5.13. The number of ether oxygens (including phenoxy) is 1. The molecule has 0 bridgehead atoms. The monoisotopic (exact) mass is 206 g/mol. The summed E-state index contributed by atoms with van der Waals surface area (Å²) in [6.07, 6.45) is 0. The first-order valence-electron chi connectivity index (χ1n) is 4.81. The van der Waals surface area contributed by atoms with Crippen LogP contribution in [0.25, 0.3) is 0 Å². The molecule has 1 amide bonds. The normalized spacial score (nSPS) is 25.0. The van der Waals surface area contributed by atoms with Gasteiger partial charge in [-0.3, -0.25) is 4.79 Å². The van der Waals surface area contributed by atoms with Crippen LogP contribution in [0.2, 0.25) is 0 Å². The Morgan fingerprint density at radius 1 is 1.47 bits per heavy atom. The zero-order valence-electron chi connectivity index (χ0n) is 8.81. The van der Waals surface area contributed by atoms with Crippen LogP contribution < -0.4 is 10.5 Å². The molecule has 15 heavy (non-hydrogen) atoms. The predicted molar refractivity (Wildman–Crippen MR) is 56.5 cm³/mol. The highest BCUT2D eigenvalue weighted by molar-refractivity contribution is 5.89. The van der Waals surface area contributed by atoms with Gasteiger partial charge in [-0.05, 0) is 17.7 Å². The van der Waals surface area contributed by atoms with E-state index in [0.29, 0.717) is 0 Å². The fourth-order valence-corrected chi connectivity index (χ4v) is 1.92. The number of rotatable bonds is 2. The van der Waals surface area contributed by atoms with Gasteiger partial charge in [0.2, 0.25) is 5.91 Å². The van der Waals surface area contributed by atoms with Crippen LogP contribution in [0.1, 0.15) is 11.6 Å². The van der Waals surface area contributed by atoms with Crippen LogP contribution in [-0.4, -0.2) is 31.0 Å². The lowest BCUT2D eigenvalue weighted by molar-refractivity contribution is -0.147. The number of amides is 1. The maximum atomic E-state index is 11.3. The minimum atomic E-state index is -0.415. The molecule has 1 aliphatic rings. The van der Waals surface area contributed by atoms with Crippen LogP contribution in [0.15, 0.2) is 24.3 Å². The van der Waals surface area contributed by atoms with Gasteiger partial charge < -0.3 is 15.4 Å². The number of methoxy groups -OCH3 is 1. The van der Waals surface area contributed by atoms with Crippen LogP contribution in [0.5, 0.6) is 5.75 Å². The SMILES string of the molecule is COc1cccc([C@H]2[C@H](N)C(=O)N2C)c1. The molecule has 4 heteroatoms. The Bertz CT molecular complexity index is 380.